The minimum atomic E-state index is -0.954. The molecule has 4 heterocycles. The van der Waals surface area contributed by atoms with E-state index in [0.717, 1.165) is 16.7 Å². The molecule has 2 aliphatic rings. The Bertz CT molecular complexity index is 1050. The molecule has 0 N–H and O–H groups in total. The van der Waals surface area contributed by atoms with Gasteiger partial charge in [-0.1, -0.05) is 18.2 Å². The predicted molar refractivity (Wildman–Crippen MR) is 117 cm³/mol. The zero-order valence-electron chi connectivity index (χ0n) is 17.1. The minimum Gasteiger partial charge on any atom is -0.361 e. The van der Waals surface area contributed by atoms with Crippen LogP contribution < -0.4 is 0 Å². The van der Waals surface area contributed by atoms with E-state index >= 15 is 0 Å². The first-order valence-electron chi connectivity index (χ1n) is 10.5. The second kappa shape index (κ2) is 8.49. The number of halogens is 1. The number of carbonyl (C=O) groups is 1. The standard InChI is InChI=1S/C24H24FN3O2S/c25-21-5-1-3-18(11-21)13-27-15-22(20-4-2-7-26-12-20)24(17-27)23(29)28(8-9-30-24)14-19-6-10-31-16-19/h1-7,10-12,16,22H,8-9,13-15,17H2. The van der Waals surface area contributed by atoms with Gasteiger partial charge in [0.1, 0.15) is 5.82 Å². The lowest BCUT2D eigenvalue weighted by atomic mass is 9.83. The number of rotatable bonds is 5. The van der Waals surface area contributed by atoms with Crippen molar-refractivity contribution < 1.29 is 13.9 Å². The molecule has 5 nitrogen and oxygen atoms in total. The summed E-state index contributed by atoms with van der Waals surface area (Å²) in [6, 6.07) is 12.6. The van der Waals surface area contributed by atoms with Crippen molar-refractivity contribution in [1.29, 1.82) is 0 Å². The first kappa shape index (κ1) is 20.3. The minimum absolute atomic E-state index is 0.0283. The Morgan fingerprint density at radius 2 is 2.13 bits per heavy atom. The molecular formula is C24H24FN3O2S. The number of nitrogens with zero attached hydrogens (tertiary/aromatic N) is 3. The number of amides is 1. The zero-order valence-corrected chi connectivity index (χ0v) is 17.9. The van der Waals surface area contributed by atoms with Crippen molar-refractivity contribution in [2.45, 2.75) is 24.6 Å². The lowest BCUT2D eigenvalue weighted by Gasteiger charge is -2.42. The third-order valence-corrected chi connectivity index (χ3v) is 6.90. The number of aromatic nitrogens is 1. The van der Waals surface area contributed by atoms with Crippen LogP contribution in [0.1, 0.15) is 22.6 Å². The van der Waals surface area contributed by atoms with Crippen molar-refractivity contribution in [3.8, 4) is 0 Å². The highest BCUT2D eigenvalue weighted by atomic mass is 32.1. The molecule has 2 saturated heterocycles. The number of hydrogen-bond acceptors (Lipinski definition) is 5. The molecule has 0 saturated carbocycles. The first-order valence-corrected chi connectivity index (χ1v) is 11.4. The van der Waals surface area contributed by atoms with Gasteiger partial charge in [0.2, 0.25) is 0 Å². The van der Waals surface area contributed by atoms with Crippen LogP contribution in [0.3, 0.4) is 0 Å². The summed E-state index contributed by atoms with van der Waals surface area (Å²) in [7, 11) is 0. The van der Waals surface area contributed by atoms with Gasteiger partial charge < -0.3 is 9.64 Å². The highest BCUT2D eigenvalue weighted by Gasteiger charge is 2.56. The van der Waals surface area contributed by atoms with E-state index in [9.17, 15) is 9.18 Å². The molecular weight excluding hydrogens is 413 g/mol. The van der Waals surface area contributed by atoms with Crippen LogP contribution in [0.5, 0.6) is 0 Å². The molecule has 1 amide bonds. The summed E-state index contributed by atoms with van der Waals surface area (Å²) >= 11 is 1.64. The van der Waals surface area contributed by atoms with Crippen LogP contribution in [-0.2, 0) is 22.6 Å². The molecule has 3 aromatic rings. The number of ether oxygens (including phenoxy) is 1. The van der Waals surface area contributed by atoms with Crippen LogP contribution in [0, 0.1) is 5.82 Å². The number of hydrogen-bond donors (Lipinski definition) is 0. The first-order chi connectivity index (χ1) is 15.1. The second-order valence-corrected chi connectivity index (χ2v) is 9.01. The maximum absolute atomic E-state index is 13.8. The Labute approximate surface area is 185 Å². The molecule has 160 valence electrons. The lowest BCUT2D eigenvalue weighted by Crippen LogP contribution is -2.59. The van der Waals surface area contributed by atoms with Crippen LogP contribution in [0.25, 0.3) is 0 Å². The summed E-state index contributed by atoms with van der Waals surface area (Å²) in [6.45, 7) is 3.37. The zero-order chi connectivity index (χ0) is 21.3. The van der Waals surface area contributed by atoms with E-state index in [2.05, 4.69) is 21.3 Å². The third kappa shape index (κ3) is 4.01. The van der Waals surface area contributed by atoms with E-state index in [1.165, 1.54) is 6.07 Å². The van der Waals surface area contributed by atoms with Crippen LogP contribution in [0.4, 0.5) is 4.39 Å². The average Bonchev–Trinajstić information content (AvgIpc) is 3.41. The van der Waals surface area contributed by atoms with Gasteiger partial charge in [-0.15, -0.1) is 0 Å². The fraction of sp³-hybridized carbons (Fsp3) is 0.333. The Balaban J connectivity index is 1.45. The lowest BCUT2D eigenvalue weighted by molar-refractivity contribution is -0.173. The number of likely N-dealkylation sites (tertiary alicyclic amines) is 1. The largest absolute Gasteiger partial charge is 0.361 e. The highest BCUT2D eigenvalue weighted by molar-refractivity contribution is 7.07. The Morgan fingerprint density at radius 1 is 1.19 bits per heavy atom. The molecule has 0 radical (unpaired) electrons. The number of morpholine rings is 1. The fourth-order valence-corrected chi connectivity index (χ4v) is 5.43. The van der Waals surface area contributed by atoms with Crippen molar-refractivity contribution in [3.05, 3.63) is 88.1 Å². The Morgan fingerprint density at radius 3 is 2.90 bits per heavy atom. The smallest absolute Gasteiger partial charge is 0.257 e. The Hall–Kier alpha value is -2.61. The molecule has 1 aromatic carbocycles. The van der Waals surface area contributed by atoms with E-state index in [1.54, 1.807) is 29.7 Å². The predicted octanol–water partition coefficient (Wildman–Crippen LogP) is 3.68. The normalized spacial score (nSPS) is 24.2. The molecule has 2 unspecified atom stereocenters. The summed E-state index contributed by atoms with van der Waals surface area (Å²) in [6.07, 6.45) is 3.56. The van der Waals surface area contributed by atoms with Crippen molar-refractivity contribution in [2.75, 3.05) is 26.2 Å². The summed E-state index contributed by atoms with van der Waals surface area (Å²) in [5.74, 6) is -0.352. The van der Waals surface area contributed by atoms with E-state index in [0.29, 0.717) is 39.3 Å². The monoisotopic (exact) mass is 437 g/mol. The molecule has 0 bridgehead atoms. The average molecular weight is 438 g/mol. The quantitative estimate of drug-likeness (QED) is 0.611. The SMILES string of the molecule is O=C1N(Cc2ccsc2)CCOC12CN(Cc1cccc(F)c1)CC2c1cccnc1. The molecule has 1 spiro atoms. The number of benzene rings is 1. The van der Waals surface area contributed by atoms with Crippen molar-refractivity contribution in [3.63, 3.8) is 0 Å². The van der Waals surface area contributed by atoms with Crippen LogP contribution >= 0.6 is 11.3 Å². The maximum Gasteiger partial charge on any atom is 0.257 e. The van der Waals surface area contributed by atoms with Gasteiger partial charge >= 0.3 is 0 Å². The van der Waals surface area contributed by atoms with Crippen LogP contribution in [-0.4, -0.2) is 52.5 Å². The van der Waals surface area contributed by atoms with Crippen molar-refractivity contribution >= 4 is 17.2 Å². The third-order valence-electron chi connectivity index (χ3n) is 6.17. The van der Waals surface area contributed by atoms with Gasteiger partial charge in [-0.25, -0.2) is 4.39 Å². The molecule has 7 heteroatoms. The second-order valence-electron chi connectivity index (χ2n) is 8.23. The van der Waals surface area contributed by atoms with Crippen LogP contribution in [0.15, 0.2) is 65.6 Å². The molecule has 31 heavy (non-hydrogen) atoms. The molecule has 2 atom stereocenters. The van der Waals surface area contributed by atoms with Gasteiger partial charge in [0, 0.05) is 51.0 Å². The number of pyridine rings is 1. The van der Waals surface area contributed by atoms with E-state index in [-0.39, 0.29) is 17.6 Å². The molecule has 2 aliphatic heterocycles. The van der Waals surface area contributed by atoms with Gasteiger partial charge in [0.25, 0.3) is 5.91 Å². The molecule has 2 aromatic heterocycles. The topological polar surface area (TPSA) is 45.7 Å². The summed E-state index contributed by atoms with van der Waals surface area (Å²) in [5, 5.41) is 4.11. The van der Waals surface area contributed by atoms with Crippen molar-refractivity contribution in [2.24, 2.45) is 0 Å². The summed E-state index contributed by atoms with van der Waals surface area (Å²) in [5.41, 5.74) is 2.07. The fourth-order valence-electron chi connectivity index (χ4n) is 4.77. The van der Waals surface area contributed by atoms with Gasteiger partial charge in [0.05, 0.1) is 6.61 Å². The van der Waals surface area contributed by atoms with Crippen molar-refractivity contribution in [1.82, 2.24) is 14.8 Å². The molecule has 2 fully saturated rings. The van der Waals surface area contributed by atoms with Gasteiger partial charge in [-0.3, -0.25) is 14.7 Å². The molecule has 0 aliphatic carbocycles. The van der Waals surface area contributed by atoms with Gasteiger partial charge in [-0.05, 0) is 51.7 Å². The number of carbonyl (C=O) groups excluding carboxylic acids is 1. The highest BCUT2D eigenvalue weighted by Crippen LogP contribution is 2.42. The Kier molecular flexibility index (Phi) is 5.56. The van der Waals surface area contributed by atoms with E-state index in [1.807, 2.05) is 34.7 Å². The van der Waals surface area contributed by atoms with Gasteiger partial charge in [0.15, 0.2) is 5.60 Å². The van der Waals surface area contributed by atoms with Crippen LogP contribution in [0.2, 0.25) is 0 Å². The number of thiophene rings is 1. The van der Waals surface area contributed by atoms with E-state index < -0.39 is 5.60 Å². The summed E-state index contributed by atoms with van der Waals surface area (Å²) < 4.78 is 20.0. The maximum atomic E-state index is 13.8. The summed E-state index contributed by atoms with van der Waals surface area (Å²) in [4.78, 5) is 22.2. The molecule has 5 rings (SSSR count). The van der Waals surface area contributed by atoms with Gasteiger partial charge in [-0.2, -0.15) is 11.3 Å². The van der Waals surface area contributed by atoms with E-state index in [4.69, 9.17) is 4.74 Å².